The minimum Gasteiger partial charge on any atom is -0.325 e. The SMILES string of the molecule is Cc1ccccc1CN1CCN(C(=O)N2CCCCC2)CC1. The van der Waals surface area contributed by atoms with Gasteiger partial charge in [-0.1, -0.05) is 24.3 Å². The Morgan fingerprint density at radius 3 is 2.23 bits per heavy atom. The molecule has 0 bridgehead atoms. The fourth-order valence-corrected chi connectivity index (χ4v) is 3.41. The number of hydrogen-bond acceptors (Lipinski definition) is 2. The van der Waals surface area contributed by atoms with E-state index in [1.165, 1.54) is 30.4 Å². The molecule has 0 aromatic heterocycles. The highest BCUT2D eigenvalue weighted by Gasteiger charge is 2.26. The number of nitrogens with zero attached hydrogens (tertiary/aromatic N) is 3. The Morgan fingerprint density at radius 1 is 0.909 bits per heavy atom. The number of rotatable bonds is 2. The van der Waals surface area contributed by atoms with Crippen LogP contribution in [-0.4, -0.2) is 60.0 Å². The van der Waals surface area contributed by atoms with Crippen LogP contribution in [0.3, 0.4) is 0 Å². The second kappa shape index (κ2) is 7.14. The third kappa shape index (κ3) is 3.61. The summed E-state index contributed by atoms with van der Waals surface area (Å²) < 4.78 is 0. The van der Waals surface area contributed by atoms with Gasteiger partial charge in [0.05, 0.1) is 0 Å². The molecule has 2 heterocycles. The number of likely N-dealkylation sites (tertiary alicyclic amines) is 1. The monoisotopic (exact) mass is 301 g/mol. The third-order valence-electron chi connectivity index (χ3n) is 4.92. The number of hydrogen-bond donors (Lipinski definition) is 0. The maximum Gasteiger partial charge on any atom is 0.320 e. The van der Waals surface area contributed by atoms with Crippen LogP contribution in [0.25, 0.3) is 0 Å². The molecule has 3 rings (SSSR count). The molecule has 0 atom stereocenters. The molecule has 2 aliphatic heterocycles. The number of piperazine rings is 1. The Labute approximate surface area is 133 Å². The first kappa shape index (κ1) is 15.3. The predicted octanol–water partition coefficient (Wildman–Crippen LogP) is 2.72. The van der Waals surface area contributed by atoms with Crippen LogP contribution >= 0.6 is 0 Å². The summed E-state index contributed by atoms with van der Waals surface area (Å²) in [7, 11) is 0. The molecule has 22 heavy (non-hydrogen) atoms. The lowest BCUT2D eigenvalue weighted by atomic mass is 10.1. The van der Waals surface area contributed by atoms with Crippen molar-refractivity contribution in [2.45, 2.75) is 32.7 Å². The Morgan fingerprint density at radius 2 is 1.55 bits per heavy atom. The second-order valence-electron chi connectivity index (χ2n) is 6.52. The Kier molecular flexibility index (Phi) is 4.98. The smallest absolute Gasteiger partial charge is 0.320 e. The highest BCUT2D eigenvalue weighted by Crippen LogP contribution is 2.15. The predicted molar refractivity (Wildman–Crippen MR) is 88.8 cm³/mol. The van der Waals surface area contributed by atoms with E-state index in [0.29, 0.717) is 0 Å². The minimum atomic E-state index is 0.259. The molecule has 4 nitrogen and oxygen atoms in total. The first-order valence-corrected chi connectivity index (χ1v) is 8.55. The summed E-state index contributed by atoms with van der Waals surface area (Å²) in [4.78, 5) is 19.0. The summed E-state index contributed by atoms with van der Waals surface area (Å²) in [5, 5.41) is 0. The van der Waals surface area contributed by atoms with Gasteiger partial charge in [0, 0.05) is 45.8 Å². The molecule has 0 saturated carbocycles. The van der Waals surface area contributed by atoms with E-state index in [4.69, 9.17) is 0 Å². The summed E-state index contributed by atoms with van der Waals surface area (Å²) in [5.41, 5.74) is 2.76. The van der Waals surface area contributed by atoms with Crippen LogP contribution in [0.4, 0.5) is 4.79 Å². The van der Waals surface area contributed by atoms with Crippen LogP contribution in [0.1, 0.15) is 30.4 Å². The average molecular weight is 301 g/mol. The van der Waals surface area contributed by atoms with Crippen LogP contribution in [0.5, 0.6) is 0 Å². The maximum atomic E-state index is 12.5. The van der Waals surface area contributed by atoms with Crippen molar-refractivity contribution < 1.29 is 4.79 Å². The van der Waals surface area contributed by atoms with Gasteiger partial charge in [0.25, 0.3) is 0 Å². The molecule has 0 aliphatic carbocycles. The fourth-order valence-electron chi connectivity index (χ4n) is 3.41. The zero-order valence-corrected chi connectivity index (χ0v) is 13.6. The first-order valence-electron chi connectivity index (χ1n) is 8.55. The van der Waals surface area contributed by atoms with Gasteiger partial charge in [0.2, 0.25) is 0 Å². The van der Waals surface area contributed by atoms with Gasteiger partial charge in [-0.25, -0.2) is 4.79 Å². The molecule has 0 unspecified atom stereocenters. The zero-order valence-electron chi connectivity index (χ0n) is 13.6. The van der Waals surface area contributed by atoms with Gasteiger partial charge in [-0.05, 0) is 37.3 Å². The molecular weight excluding hydrogens is 274 g/mol. The molecule has 4 heteroatoms. The van der Waals surface area contributed by atoms with Gasteiger partial charge in [-0.2, -0.15) is 0 Å². The molecule has 2 amide bonds. The second-order valence-corrected chi connectivity index (χ2v) is 6.52. The van der Waals surface area contributed by atoms with Crippen LogP contribution in [0.2, 0.25) is 0 Å². The van der Waals surface area contributed by atoms with Crippen molar-refractivity contribution in [1.82, 2.24) is 14.7 Å². The quantitative estimate of drug-likeness (QED) is 0.840. The van der Waals surface area contributed by atoms with Gasteiger partial charge in [-0.3, -0.25) is 4.90 Å². The molecule has 0 spiro atoms. The van der Waals surface area contributed by atoms with Crippen LogP contribution in [0.15, 0.2) is 24.3 Å². The summed E-state index contributed by atoms with van der Waals surface area (Å²) in [6.45, 7) is 8.75. The van der Waals surface area contributed by atoms with Crippen molar-refractivity contribution in [3.63, 3.8) is 0 Å². The molecule has 2 fully saturated rings. The number of benzene rings is 1. The van der Waals surface area contributed by atoms with Gasteiger partial charge in [-0.15, -0.1) is 0 Å². The lowest BCUT2D eigenvalue weighted by Crippen LogP contribution is -2.53. The van der Waals surface area contributed by atoms with Gasteiger partial charge in [0.1, 0.15) is 0 Å². The van der Waals surface area contributed by atoms with E-state index in [1.54, 1.807) is 0 Å². The minimum absolute atomic E-state index is 0.259. The van der Waals surface area contributed by atoms with E-state index in [2.05, 4.69) is 36.1 Å². The van der Waals surface area contributed by atoms with E-state index in [1.807, 2.05) is 9.80 Å². The maximum absolute atomic E-state index is 12.5. The Bertz CT molecular complexity index is 503. The highest BCUT2D eigenvalue weighted by atomic mass is 16.2. The van der Waals surface area contributed by atoms with E-state index < -0.39 is 0 Å². The number of carbonyl (C=O) groups is 1. The van der Waals surface area contributed by atoms with Crippen LogP contribution in [0, 0.1) is 6.92 Å². The van der Waals surface area contributed by atoms with Crippen molar-refractivity contribution in [2.24, 2.45) is 0 Å². The van der Waals surface area contributed by atoms with Crippen molar-refractivity contribution in [1.29, 1.82) is 0 Å². The lowest BCUT2D eigenvalue weighted by Gasteiger charge is -2.38. The van der Waals surface area contributed by atoms with Crippen molar-refractivity contribution in [3.05, 3.63) is 35.4 Å². The van der Waals surface area contributed by atoms with Crippen LogP contribution < -0.4 is 0 Å². The highest BCUT2D eigenvalue weighted by molar-refractivity contribution is 5.74. The summed E-state index contributed by atoms with van der Waals surface area (Å²) >= 11 is 0. The first-order chi connectivity index (χ1) is 10.7. The molecule has 120 valence electrons. The largest absolute Gasteiger partial charge is 0.325 e. The van der Waals surface area contributed by atoms with Crippen LogP contribution in [-0.2, 0) is 6.54 Å². The van der Waals surface area contributed by atoms with E-state index in [-0.39, 0.29) is 6.03 Å². The molecule has 2 aliphatic rings. The number of carbonyl (C=O) groups excluding carboxylic acids is 1. The zero-order chi connectivity index (χ0) is 15.4. The molecular formula is C18H27N3O. The number of amides is 2. The van der Waals surface area contributed by atoms with E-state index >= 15 is 0 Å². The Hall–Kier alpha value is -1.55. The number of aryl methyl sites for hydroxylation is 1. The topological polar surface area (TPSA) is 26.8 Å². The van der Waals surface area contributed by atoms with Gasteiger partial charge < -0.3 is 9.80 Å². The fraction of sp³-hybridized carbons (Fsp3) is 0.611. The van der Waals surface area contributed by atoms with Crippen molar-refractivity contribution >= 4 is 6.03 Å². The summed E-state index contributed by atoms with van der Waals surface area (Å²) in [6.07, 6.45) is 3.60. The van der Waals surface area contributed by atoms with Gasteiger partial charge in [0.15, 0.2) is 0 Å². The standard InChI is InChI=1S/C18H27N3O/c1-16-7-3-4-8-17(16)15-19-11-13-21(14-12-19)18(22)20-9-5-2-6-10-20/h3-4,7-8H,2,5-6,9-15H2,1H3. The average Bonchev–Trinajstić information content (AvgIpc) is 2.58. The number of piperidine rings is 1. The van der Waals surface area contributed by atoms with E-state index in [0.717, 1.165) is 45.8 Å². The van der Waals surface area contributed by atoms with E-state index in [9.17, 15) is 4.79 Å². The normalized spacial score (nSPS) is 20.2. The molecule has 0 radical (unpaired) electrons. The number of urea groups is 1. The lowest BCUT2D eigenvalue weighted by molar-refractivity contribution is 0.104. The summed E-state index contributed by atoms with van der Waals surface area (Å²) in [5.74, 6) is 0. The van der Waals surface area contributed by atoms with Crippen molar-refractivity contribution in [3.8, 4) is 0 Å². The third-order valence-corrected chi connectivity index (χ3v) is 4.92. The molecule has 0 N–H and O–H groups in total. The Balaban J connectivity index is 1.50. The molecule has 1 aromatic carbocycles. The van der Waals surface area contributed by atoms with Crippen molar-refractivity contribution in [2.75, 3.05) is 39.3 Å². The molecule has 1 aromatic rings. The van der Waals surface area contributed by atoms with Gasteiger partial charge >= 0.3 is 6.03 Å². The molecule has 2 saturated heterocycles. The summed E-state index contributed by atoms with van der Waals surface area (Å²) in [6, 6.07) is 8.84.